The van der Waals surface area contributed by atoms with Crippen LogP contribution in [0.5, 0.6) is 0 Å². The molecule has 1 aromatic heterocycles. The minimum atomic E-state index is -0.389. The summed E-state index contributed by atoms with van der Waals surface area (Å²) in [5.41, 5.74) is 0.992. The van der Waals surface area contributed by atoms with Gasteiger partial charge in [-0.3, -0.25) is 9.59 Å². The molecule has 0 aliphatic carbocycles. The summed E-state index contributed by atoms with van der Waals surface area (Å²) in [4.78, 5) is 35.2. The van der Waals surface area contributed by atoms with Crippen LogP contribution in [0.25, 0.3) is 0 Å². The van der Waals surface area contributed by atoms with Crippen LogP contribution in [0.15, 0.2) is 47.1 Å². The summed E-state index contributed by atoms with van der Waals surface area (Å²) in [5, 5.41) is 5.28. The predicted molar refractivity (Wildman–Crippen MR) is 91.3 cm³/mol. The van der Waals surface area contributed by atoms with Gasteiger partial charge >= 0.3 is 5.97 Å². The largest absolute Gasteiger partial charge is 0.462 e. The molecule has 132 valence electrons. The lowest BCUT2D eigenvalue weighted by atomic mass is 10.2. The lowest BCUT2D eigenvalue weighted by molar-refractivity contribution is -0.116. The molecule has 0 saturated heterocycles. The number of amides is 2. The second-order valence-corrected chi connectivity index (χ2v) is 5.24. The summed E-state index contributed by atoms with van der Waals surface area (Å²) in [6.07, 6.45) is 2.28. The van der Waals surface area contributed by atoms with E-state index in [1.807, 2.05) is 6.92 Å². The second kappa shape index (κ2) is 9.27. The van der Waals surface area contributed by atoms with Crippen molar-refractivity contribution >= 4 is 23.5 Å². The van der Waals surface area contributed by atoms with Crippen molar-refractivity contribution in [2.45, 2.75) is 19.8 Å². The zero-order chi connectivity index (χ0) is 18.1. The van der Waals surface area contributed by atoms with Crippen molar-refractivity contribution < 1.29 is 23.5 Å². The van der Waals surface area contributed by atoms with Crippen LogP contribution in [0, 0.1) is 0 Å². The normalized spacial score (nSPS) is 10.1. The Bertz CT molecular complexity index is 708. The van der Waals surface area contributed by atoms with Gasteiger partial charge in [0.15, 0.2) is 5.76 Å². The van der Waals surface area contributed by atoms with Gasteiger partial charge in [0.1, 0.15) is 0 Å². The molecule has 0 unspecified atom stereocenters. The summed E-state index contributed by atoms with van der Waals surface area (Å²) in [5.74, 6) is -0.805. The van der Waals surface area contributed by atoms with Crippen molar-refractivity contribution in [2.24, 2.45) is 0 Å². The van der Waals surface area contributed by atoms with Crippen molar-refractivity contribution in [1.82, 2.24) is 5.32 Å². The monoisotopic (exact) mass is 344 g/mol. The molecule has 2 aromatic rings. The highest BCUT2D eigenvalue weighted by Crippen LogP contribution is 2.11. The fraction of sp³-hybridized carbons (Fsp3) is 0.278. The lowest BCUT2D eigenvalue weighted by Crippen LogP contribution is -2.27. The zero-order valence-corrected chi connectivity index (χ0v) is 13.9. The Morgan fingerprint density at radius 2 is 1.88 bits per heavy atom. The summed E-state index contributed by atoms with van der Waals surface area (Å²) in [6.45, 7) is 2.48. The zero-order valence-electron chi connectivity index (χ0n) is 13.9. The fourth-order valence-corrected chi connectivity index (χ4v) is 1.98. The fourth-order valence-electron chi connectivity index (χ4n) is 1.98. The van der Waals surface area contributed by atoms with E-state index in [9.17, 15) is 14.4 Å². The van der Waals surface area contributed by atoms with Gasteiger partial charge in [0.2, 0.25) is 5.91 Å². The number of nitrogens with one attached hydrogen (secondary N) is 2. The molecule has 7 heteroatoms. The summed E-state index contributed by atoms with van der Waals surface area (Å²) in [7, 11) is 0. The Morgan fingerprint density at radius 1 is 1.12 bits per heavy atom. The molecule has 2 amide bonds. The minimum absolute atomic E-state index is 0.118. The van der Waals surface area contributed by atoms with E-state index in [0.717, 1.165) is 6.42 Å². The first-order chi connectivity index (χ1) is 12.1. The quantitative estimate of drug-likeness (QED) is 0.717. The van der Waals surface area contributed by atoms with Crippen LogP contribution in [-0.4, -0.2) is 30.9 Å². The maximum Gasteiger partial charge on any atom is 0.338 e. The van der Waals surface area contributed by atoms with Crippen molar-refractivity contribution in [2.75, 3.05) is 18.5 Å². The molecule has 0 fully saturated rings. The molecule has 0 bridgehead atoms. The molecule has 0 aliphatic heterocycles. The smallest absolute Gasteiger partial charge is 0.338 e. The molecule has 0 saturated carbocycles. The first kappa shape index (κ1) is 18.3. The van der Waals surface area contributed by atoms with Gasteiger partial charge in [-0.1, -0.05) is 6.92 Å². The summed E-state index contributed by atoms with van der Waals surface area (Å²) in [6, 6.07) is 9.59. The molecule has 0 aliphatic rings. The standard InChI is InChI=1S/C18H20N2O5/c1-2-11-25-18(23)13-5-7-14(8-6-13)20-16(21)9-10-19-17(22)15-4-3-12-24-15/h3-8,12H,2,9-11H2,1H3,(H,19,22)(H,20,21). The molecular formula is C18H20N2O5. The molecule has 2 rings (SSSR count). The van der Waals surface area contributed by atoms with Crippen molar-refractivity contribution in [3.8, 4) is 0 Å². The Kier molecular flexibility index (Phi) is 6.76. The number of carbonyl (C=O) groups excluding carboxylic acids is 3. The van der Waals surface area contributed by atoms with Crippen LogP contribution >= 0.6 is 0 Å². The third kappa shape index (κ3) is 5.80. The Balaban J connectivity index is 1.74. The topological polar surface area (TPSA) is 97.6 Å². The van der Waals surface area contributed by atoms with E-state index in [2.05, 4.69) is 10.6 Å². The second-order valence-electron chi connectivity index (χ2n) is 5.24. The van der Waals surface area contributed by atoms with Gasteiger partial charge in [-0.2, -0.15) is 0 Å². The third-order valence-corrected chi connectivity index (χ3v) is 3.22. The van der Waals surface area contributed by atoms with E-state index < -0.39 is 0 Å². The van der Waals surface area contributed by atoms with Crippen LogP contribution in [0.3, 0.4) is 0 Å². The van der Waals surface area contributed by atoms with Gasteiger partial charge in [-0.25, -0.2) is 4.79 Å². The van der Waals surface area contributed by atoms with Gasteiger partial charge in [0, 0.05) is 18.7 Å². The molecule has 1 heterocycles. The average Bonchev–Trinajstić information content (AvgIpc) is 3.15. The lowest BCUT2D eigenvalue weighted by Gasteiger charge is -2.07. The average molecular weight is 344 g/mol. The molecular weight excluding hydrogens is 324 g/mol. The van der Waals surface area contributed by atoms with Gasteiger partial charge < -0.3 is 19.8 Å². The first-order valence-corrected chi connectivity index (χ1v) is 7.99. The van der Waals surface area contributed by atoms with Gasteiger partial charge in [0.25, 0.3) is 5.91 Å². The van der Waals surface area contributed by atoms with Gasteiger partial charge in [0.05, 0.1) is 18.4 Å². The molecule has 25 heavy (non-hydrogen) atoms. The van der Waals surface area contributed by atoms with E-state index >= 15 is 0 Å². The first-order valence-electron chi connectivity index (χ1n) is 7.99. The predicted octanol–water partition coefficient (Wildman–Crippen LogP) is 2.61. The number of hydrogen-bond acceptors (Lipinski definition) is 5. The highest BCUT2D eigenvalue weighted by Gasteiger charge is 2.10. The Hall–Kier alpha value is -3.09. The van der Waals surface area contributed by atoms with E-state index in [-0.39, 0.29) is 36.5 Å². The molecule has 0 radical (unpaired) electrons. The summed E-state index contributed by atoms with van der Waals surface area (Å²) < 4.78 is 9.98. The third-order valence-electron chi connectivity index (χ3n) is 3.22. The van der Waals surface area contributed by atoms with E-state index in [0.29, 0.717) is 17.9 Å². The highest BCUT2D eigenvalue weighted by atomic mass is 16.5. The van der Waals surface area contributed by atoms with Crippen LogP contribution in [0.4, 0.5) is 5.69 Å². The van der Waals surface area contributed by atoms with E-state index in [4.69, 9.17) is 9.15 Å². The van der Waals surface area contributed by atoms with Gasteiger partial charge in [-0.15, -0.1) is 0 Å². The van der Waals surface area contributed by atoms with Crippen molar-refractivity contribution in [3.63, 3.8) is 0 Å². The number of furan rings is 1. The van der Waals surface area contributed by atoms with Crippen LogP contribution in [0.1, 0.15) is 40.7 Å². The van der Waals surface area contributed by atoms with Gasteiger partial charge in [-0.05, 0) is 42.8 Å². The number of rotatable bonds is 8. The molecule has 0 atom stereocenters. The number of anilines is 1. The number of benzene rings is 1. The van der Waals surface area contributed by atoms with Crippen LogP contribution < -0.4 is 10.6 Å². The molecule has 2 N–H and O–H groups in total. The number of hydrogen-bond donors (Lipinski definition) is 2. The van der Waals surface area contributed by atoms with Crippen LogP contribution in [0.2, 0.25) is 0 Å². The van der Waals surface area contributed by atoms with Crippen molar-refractivity contribution in [3.05, 3.63) is 54.0 Å². The number of carbonyl (C=O) groups is 3. The Labute approximate surface area is 145 Å². The molecule has 7 nitrogen and oxygen atoms in total. The van der Waals surface area contributed by atoms with E-state index in [1.54, 1.807) is 36.4 Å². The van der Waals surface area contributed by atoms with Crippen LogP contribution in [-0.2, 0) is 9.53 Å². The Morgan fingerprint density at radius 3 is 2.52 bits per heavy atom. The number of ether oxygens (including phenoxy) is 1. The summed E-state index contributed by atoms with van der Waals surface area (Å²) >= 11 is 0. The maximum absolute atomic E-state index is 11.9. The highest BCUT2D eigenvalue weighted by molar-refractivity contribution is 5.94. The SMILES string of the molecule is CCCOC(=O)c1ccc(NC(=O)CCNC(=O)c2ccco2)cc1. The number of esters is 1. The van der Waals surface area contributed by atoms with Crippen molar-refractivity contribution in [1.29, 1.82) is 0 Å². The molecule has 0 spiro atoms. The molecule has 1 aromatic carbocycles. The minimum Gasteiger partial charge on any atom is -0.462 e. The maximum atomic E-state index is 11.9. The van der Waals surface area contributed by atoms with E-state index in [1.165, 1.54) is 6.26 Å².